The molecule has 0 amide bonds. The summed E-state index contributed by atoms with van der Waals surface area (Å²) >= 11 is 0. The van der Waals surface area contributed by atoms with Crippen LogP contribution in [0, 0.1) is 6.92 Å². The molecule has 0 radical (unpaired) electrons. The summed E-state index contributed by atoms with van der Waals surface area (Å²) in [6.45, 7) is 8.28. The first-order valence-corrected chi connectivity index (χ1v) is 10.4. The summed E-state index contributed by atoms with van der Waals surface area (Å²) in [4.78, 5) is 5.93. The van der Waals surface area contributed by atoms with Gasteiger partial charge in [-0.25, -0.2) is 0 Å². The van der Waals surface area contributed by atoms with Gasteiger partial charge in [-0.05, 0) is 55.3 Å². The van der Waals surface area contributed by atoms with Gasteiger partial charge in [0.15, 0.2) is 0 Å². The maximum absolute atomic E-state index is 12.2. The van der Waals surface area contributed by atoms with Crippen molar-refractivity contribution in [1.82, 2.24) is 9.88 Å². The van der Waals surface area contributed by atoms with Gasteiger partial charge < -0.3 is 15.2 Å². The van der Waals surface area contributed by atoms with Crippen molar-refractivity contribution in [1.29, 1.82) is 0 Å². The fraction of sp³-hybridized carbons (Fsp3) is 0.360. The Morgan fingerprint density at radius 1 is 1.21 bits per heavy atom. The fourth-order valence-electron chi connectivity index (χ4n) is 5.68. The highest BCUT2D eigenvalue weighted by atomic mass is 16.3. The van der Waals surface area contributed by atoms with E-state index in [0.29, 0.717) is 13.0 Å². The zero-order chi connectivity index (χ0) is 20.2. The number of rotatable bonds is 3. The zero-order valence-corrected chi connectivity index (χ0v) is 16.9. The van der Waals surface area contributed by atoms with Crippen LogP contribution in [0.2, 0.25) is 0 Å². The largest absolute Gasteiger partial charge is 0.508 e. The maximum Gasteiger partial charge on any atom is 0.115 e. The van der Waals surface area contributed by atoms with Crippen LogP contribution in [0.4, 0.5) is 0 Å². The Balaban J connectivity index is 1.70. The molecular weight excluding hydrogens is 360 g/mol. The Labute approximate surface area is 171 Å². The summed E-state index contributed by atoms with van der Waals surface area (Å²) in [5.41, 5.74) is 4.52. The minimum absolute atomic E-state index is 0.255. The van der Waals surface area contributed by atoms with Gasteiger partial charge >= 0.3 is 0 Å². The number of aliphatic hydroxyl groups is 1. The van der Waals surface area contributed by atoms with E-state index in [1.165, 1.54) is 22.2 Å². The minimum atomic E-state index is -0.909. The lowest BCUT2D eigenvalue weighted by molar-refractivity contribution is -0.100. The third-order valence-electron chi connectivity index (χ3n) is 7.11. The second-order valence-electron chi connectivity index (χ2n) is 8.92. The third-order valence-corrected chi connectivity index (χ3v) is 7.11. The first-order chi connectivity index (χ1) is 13.9. The molecular formula is C25H28N2O2. The predicted octanol–water partition coefficient (Wildman–Crippen LogP) is 3.84. The van der Waals surface area contributed by atoms with Gasteiger partial charge in [0.05, 0.1) is 5.60 Å². The number of hydrogen-bond acceptors (Lipinski definition) is 3. The van der Waals surface area contributed by atoms with Crippen LogP contribution in [0.5, 0.6) is 5.75 Å². The molecule has 3 N–H and O–H groups in total. The van der Waals surface area contributed by atoms with Crippen molar-refractivity contribution >= 4 is 10.9 Å². The number of β-amino-alcohol motifs (C(OH)–C–C–N with tert-alkyl or cyclic N) is 1. The van der Waals surface area contributed by atoms with Crippen LogP contribution >= 0.6 is 0 Å². The number of hydrogen-bond donors (Lipinski definition) is 3. The van der Waals surface area contributed by atoms with Crippen molar-refractivity contribution < 1.29 is 10.2 Å². The topological polar surface area (TPSA) is 59.5 Å². The number of nitrogens with one attached hydrogen (secondary N) is 1. The van der Waals surface area contributed by atoms with Crippen LogP contribution in [0.25, 0.3) is 10.9 Å². The minimum Gasteiger partial charge on any atom is -0.508 e. The van der Waals surface area contributed by atoms with E-state index in [0.717, 1.165) is 37.0 Å². The molecule has 2 aromatic carbocycles. The second-order valence-corrected chi connectivity index (χ2v) is 8.92. The number of phenolic OH excluding ortho intramolecular Hbond substituents is 1. The summed E-state index contributed by atoms with van der Waals surface area (Å²) in [5, 5.41) is 23.6. The van der Waals surface area contributed by atoms with Gasteiger partial charge in [0.2, 0.25) is 0 Å². The van der Waals surface area contributed by atoms with E-state index >= 15 is 0 Å². The molecule has 1 aromatic heterocycles. The van der Waals surface area contributed by atoms with E-state index in [4.69, 9.17) is 0 Å². The van der Waals surface area contributed by atoms with Gasteiger partial charge in [-0.15, -0.1) is 6.58 Å². The van der Waals surface area contributed by atoms with Crippen LogP contribution in [-0.2, 0) is 18.3 Å². The third kappa shape index (κ3) is 2.74. The van der Waals surface area contributed by atoms with E-state index in [2.05, 4.69) is 47.7 Å². The lowest BCUT2D eigenvalue weighted by Crippen LogP contribution is -2.66. The van der Waals surface area contributed by atoms with Crippen molar-refractivity contribution in [3.63, 3.8) is 0 Å². The molecule has 1 aliphatic heterocycles. The van der Waals surface area contributed by atoms with Crippen molar-refractivity contribution in [3.8, 4) is 5.75 Å². The number of benzene rings is 2. The molecule has 4 heteroatoms. The van der Waals surface area contributed by atoms with Gasteiger partial charge in [0, 0.05) is 47.9 Å². The number of piperidine rings is 1. The summed E-state index contributed by atoms with van der Waals surface area (Å²) in [6, 6.07) is 14.0. The molecule has 1 aliphatic carbocycles. The molecule has 2 heterocycles. The van der Waals surface area contributed by atoms with E-state index in [9.17, 15) is 10.2 Å². The summed E-state index contributed by atoms with van der Waals surface area (Å²) in [5.74, 6) is 0.255. The molecule has 4 nitrogen and oxygen atoms in total. The molecule has 1 fully saturated rings. The van der Waals surface area contributed by atoms with Crippen LogP contribution in [0.3, 0.4) is 0 Å². The summed E-state index contributed by atoms with van der Waals surface area (Å²) in [6.07, 6.45) is 4.11. The Bertz CT molecular complexity index is 1100. The van der Waals surface area contributed by atoms with Crippen molar-refractivity contribution in [3.05, 3.63) is 77.5 Å². The van der Waals surface area contributed by atoms with Gasteiger partial charge in [0.1, 0.15) is 5.75 Å². The van der Waals surface area contributed by atoms with Gasteiger partial charge in [-0.2, -0.15) is 0 Å². The lowest BCUT2D eigenvalue weighted by Gasteiger charge is -2.56. The normalized spacial score (nSPS) is 26.8. The highest BCUT2D eigenvalue weighted by molar-refractivity contribution is 5.86. The van der Waals surface area contributed by atoms with Crippen LogP contribution in [0.15, 0.2) is 55.1 Å². The number of aromatic hydroxyl groups is 1. The van der Waals surface area contributed by atoms with Crippen molar-refractivity contribution in [2.45, 2.75) is 37.2 Å². The highest BCUT2D eigenvalue weighted by Gasteiger charge is 2.57. The predicted molar refractivity (Wildman–Crippen MR) is 116 cm³/mol. The second kappa shape index (κ2) is 6.48. The first kappa shape index (κ1) is 18.5. The Hall–Kier alpha value is -2.56. The highest BCUT2D eigenvalue weighted by Crippen LogP contribution is 2.51. The number of likely N-dealkylation sites (tertiary alicyclic amines) is 1. The molecule has 0 unspecified atom stereocenters. The van der Waals surface area contributed by atoms with Gasteiger partial charge in [-0.3, -0.25) is 4.90 Å². The average molecular weight is 389 g/mol. The molecule has 2 aliphatic rings. The van der Waals surface area contributed by atoms with Crippen molar-refractivity contribution in [2.75, 3.05) is 19.6 Å². The smallest absolute Gasteiger partial charge is 0.115 e. The van der Waals surface area contributed by atoms with Gasteiger partial charge in [0.25, 0.3) is 0 Å². The van der Waals surface area contributed by atoms with Crippen LogP contribution in [-0.4, -0.2) is 45.3 Å². The average Bonchev–Trinajstić information content (AvgIpc) is 3.02. The quantitative estimate of drug-likeness (QED) is 0.598. The SMILES string of the molecule is C=CCN1CC[C@@]2(c3cccc(O)c3)Cc3[nH]c4ccc(C)cc4c3C[C@]2(O)C1. The number of phenols is 1. The lowest BCUT2D eigenvalue weighted by atomic mass is 9.56. The first-order valence-electron chi connectivity index (χ1n) is 10.4. The Morgan fingerprint density at radius 3 is 2.86 bits per heavy atom. The standard InChI is InChI=1S/C25H28N2O2/c1-3-10-27-11-9-24(18-5-4-6-19(28)13-18)15-23-21(14-25(24,29)16-27)20-12-17(2)7-8-22(20)26-23/h3-8,12-13,26,28-29H,1,9-11,14-16H2,2H3/t24-,25-/m0/s1. The molecule has 0 bridgehead atoms. The Kier molecular flexibility index (Phi) is 4.12. The van der Waals surface area contributed by atoms with E-state index in [-0.39, 0.29) is 5.75 Å². The summed E-state index contributed by atoms with van der Waals surface area (Å²) < 4.78 is 0. The molecule has 5 rings (SSSR count). The van der Waals surface area contributed by atoms with E-state index < -0.39 is 11.0 Å². The van der Waals surface area contributed by atoms with E-state index in [1.54, 1.807) is 6.07 Å². The fourth-order valence-corrected chi connectivity index (χ4v) is 5.68. The molecule has 0 spiro atoms. The monoisotopic (exact) mass is 388 g/mol. The van der Waals surface area contributed by atoms with Crippen LogP contribution < -0.4 is 0 Å². The molecule has 0 saturated carbocycles. The zero-order valence-electron chi connectivity index (χ0n) is 16.9. The molecule has 29 heavy (non-hydrogen) atoms. The molecule has 150 valence electrons. The Morgan fingerprint density at radius 2 is 2.07 bits per heavy atom. The number of H-pyrrole nitrogens is 1. The van der Waals surface area contributed by atoms with E-state index in [1.807, 2.05) is 18.2 Å². The number of aromatic nitrogens is 1. The number of aryl methyl sites for hydroxylation is 1. The molecule has 3 aromatic rings. The molecule has 1 saturated heterocycles. The number of aromatic amines is 1. The molecule has 2 atom stereocenters. The number of fused-ring (bicyclic) bond motifs is 4. The maximum atomic E-state index is 12.2. The summed E-state index contributed by atoms with van der Waals surface area (Å²) in [7, 11) is 0. The number of nitrogens with zero attached hydrogens (tertiary/aromatic N) is 1. The van der Waals surface area contributed by atoms with Crippen molar-refractivity contribution in [2.24, 2.45) is 0 Å². The van der Waals surface area contributed by atoms with Crippen LogP contribution in [0.1, 0.15) is 28.8 Å². The van der Waals surface area contributed by atoms with Gasteiger partial charge in [-0.1, -0.05) is 29.8 Å².